The summed E-state index contributed by atoms with van der Waals surface area (Å²) >= 11 is 11.5. The fourth-order valence-electron chi connectivity index (χ4n) is 7.10. The maximum Gasteiger partial charge on any atom is 0.150 e. The lowest BCUT2D eigenvalue weighted by atomic mass is 10.0. The summed E-state index contributed by atoms with van der Waals surface area (Å²) in [7, 11) is 0. The van der Waals surface area contributed by atoms with Crippen LogP contribution in [0.1, 0.15) is 212 Å². The number of hydrogen-bond acceptors (Lipinski definition) is 4. The number of hydrogen-bond donors (Lipinski definition) is 1. The summed E-state index contributed by atoms with van der Waals surface area (Å²) in [5.74, 6) is 1.06. The van der Waals surface area contributed by atoms with Gasteiger partial charge in [-0.05, 0) is 24.6 Å². The molecule has 0 spiro atoms. The minimum atomic E-state index is -0.0723. The molecule has 1 heterocycles. The average molecular weight is 689 g/mol. The van der Waals surface area contributed by atoms with E-state index in [2.05, 4.69) is 28.4 Å². The third kappa shape index (κ3) is 22.3. The predicted molar refractivity (Wildman–Crippen MR) is 215 cm³/mol. The lowest BCUT2D eigenvalue weighted by molar-refractivity contribution is 0.512. The number of nitrogens with one attached hydrogen (secondary N) is 1. The monoisotopic (exact) mass is 688 g/mol. The van der Waals surface area contributed by atoms with Crippen molar-refractivity contribution in [2.45, 2.75) is 219 Å². The zero-order valence-electron chi connectivity index (χ0n) is 30.8. The van der Waals surface area contributed by atoms with Crippen LogP contribution in [-0.2, 0) is 0 Å². The molecule has 0 saturated carbocycles. The summed E-state index contributed by atoms with van der Waals surface area (Å²) in [5, 5.41) is 7.04. The van der Waals surface area contributed by atoms with E-state index in [1.54, 1.807) is 5.37 Å². The van der Waals surface area contributed by atoms with Crippen LogP contribution in [0.3, 0.4) is 0 Å². The first kappa shape index (κ1) is 42.0. The van der Waals surface area contributed by atoms with Gasteiger partial charge < -0.3 is 4.90 Å². The number of anilines is 1. The first-order valence-corrected chi connectivity index (χ1v) is 21.4. The second-order valence-electron chi connectivity index (χ2n) is 14.4. The predicted octanol–water partition coefficient (Wildman–Crippen LogP) is 14.9. The maximum absolute atomic E-state index is 6.23. The Morgan fingerprint density at radius 2 is 0.957 bits per heavy atom. The van der Waals surface area contributed by atoms with E-state index in [4.69, 9.17) is 23.8 Å². The highest BCUT2D eigenvalue weighted by atomic mass is 35.5. The molecule has 0 aromatic heterocycles. The Morgan fingerprint density at radius 3 is 1.30 bits per heavy atom. The molecule has 0 radical (unpaired) electrons. The van der Waals surface area contributed by atoms with Crippen LogP contribution >= 0.6 is 23.8 Å². The number of halogens is 1. The topological polar surface area (TPSA) is 27.6 Å². The molecule has 0 saturated heterocycles. The Hall–Kier alpha value is -1.13. The Balaban J connectivity index is 1.24. The molecule has 3 nitrogen and oxygen atoms in total. The van der Waals surface area contributed by atoms with Crippen LogP contribution in [0.5, 0.6) is 0 Å². The summed E-state index contributed by atoms with van der Waals surface area (Å²) in [6.07, 6.45) is 45.4. The normalized spacial score (nSPS) is 14.5. The van der Waals surface area contributed by atoms with Crippen molar-refractivity contribution >= 4 is 40.7 Å². The molecule has 0 aliphatic carbocycles. The highest BCUT2D eigenvalue weighted by Gasteiger charge is 2.26. The van der Waals surface area contributed by atoms with Crippen molar-refractivity contribution in [3.8, 4) is 0 Å². The van der Waals surface area contributed by atoms with Crippen LogP contribution in [-0.4, -0.2) is 17.4 Å². The van der Waals surface area contributed by atoms with Crippen LogP contribution in [0.2, 0.25) is 5.02 Å². The van der Waals surface area contributed by atoms with Crippen molar-refractivity contribution in [1.29, 1.82) is 0 Å². The Labute approximate surface area is 302 Å². The molecule has 0 fully saturated rings. The summed E-state index contributed by atoms with van der Waals surface area (Å²) in [4.78, 5) is 2.18. The zero-order valence-corrected chi connectivity index (χ0v) is 32.3. The molecule has 47 heavy (non-hydrogen) atoms. The summed E-state index contributed by atoms with van der Waals surface area (Å²) < 4.78 is 0. The summed E-state index contributed by atoms with van der Waals surface area (Å²) in [6.45, 7) is 2.31. The minimum Gasteiger partial charge on any atom is -0.302 e. The first-order valence-electron chi connectivity index (χ1n) is 20.6. The van der Waals surface area contributed by atoms with Crippen LogP contribution in [0.15, 0.2) is 29.4 Å². The van der Waals surface area contributed by atoms with Crippen molar-refractivity contribution in [3.05, 3.63) is 29.3 Å². The highest BCUT2D eigenvalue weighted by molar-refractivity contribution is 7.79. The van der Waals surface area contributed by atoms with E-state index < -0.39 is 0 Å². The van der Waals surface area contributed by atoms with Gasteiger partial charge in [-0.25, -0.2) is 0 Å². The summed E-state index contributed by atoms with van der Waals surface area (Å²) in [5.41, 5.74) is 4.21. The van der Waals surface area contributed by atoms with Gasteiger partial charge in [0.1, 0.15) is 12.0 Å². The Kier molecular flexibility index (Phi) is 27.6. The number of unbranched alkanes of at least 4 members (excludes halogenated alkanes) is 30. The molecule has 1 N–H and O–H groups in total. The molecule has 1 aliphatic heterocycles. The molecule has 0 bridgehead atoms. The molecule has 1 aliphatic rings. The fourth-order valence-corrected chi connectivity index (χ4v) is 7.47. The van der Waals surface area contributed by atoms with Gasteiger partial charge in [-0.2, -0.15) is 5.10 Å². The molecule has 1 unspecified atom stereocenters. The van der Waals surface area contributed by atoms with E-state index in [9.17, 15) is 0 Å². The molecule has 1 aromatic rings. The van der Waals surface area contributed by atoms with E-state index >= 15 is 0 Å². The standard InChI is InChI=1S/C42H74ClN3S/c1-2-3-4-5-6-7-8-9-10-11-12-13-14-15-16-17-18-19-20-21-22-23-24-25-26-27-28-29-30-31-32-36-41-44-45-42(38-47)46(41)40-35-33-34-39(43)37-40/h33-35,37-38,42,45H,2-32,36H2,1H3. The van der Waals surface area contributed by atoms with E-state index in [-0.39, 0.29) is 6.17 Å². The molecular weight excluding hydrogens is 614 g/mol. The van der Waals surface area contributed by atoms with Gasteiger partial charge in [-0.1, -0.05) is 229 Å². The SMILES string of the molecule is CCCCCCCCCCCCCCCCCCCCCCCCCCCCCCCCCC1=NNC(C=S)N1c1cccc(Cl)c1. The van der Waals surface area contributed by atoms with Crippen LogP contribution in [0.4, 0.5) is 5.69 Å². The smallest absolute Gasteiger partial charge is 0.150 e. The first-order chi connectivity index (χ1) is 23.3. The number of thiocarbonyl (C=S) groups is 1. The fraction of sp³-hybridized carbons (Fsp3) is 0.810. The number of hydrazone groups is 1. The molecule has 1 atom stereocenters. The number of rotatable bonds is 34. The Bertz CT molecular complexity index is 890. The van der Waals surface area contributed by atoms with Crippen molar-refractivity contribution in [2.75, 3.05) is 4.90 Å². The van der Waals surface area contributed by atoms with Gasteiger partial charge in [-0.15, -0.1) is 0 Å². The van der Waals surface area contributed by atoms with E-state index in [0.717, 1.165) is 23.0 Å². The van der Waals surface area contributed by atoms with Crippen molar-refractivity contribution in [2.24, 2.45) is 5.10 Å². The van der Waals surface area contributed by atoms with Crippen molar-refractivity contribution in [1.82, 2.24) is 5.43 Å². The van der Waals surface area contributed by atoms with E-state index in [0.29, 0.717) is 0 Å². The van der Waals surface area contributed by atoms with Crippen LogP contribution in [0, 0.1) is 0 Å². The van der Waals surface area contributed by atoms with Crippen molar-refractivity contribution < 1.29 is 0 Å². The number of nitrogens with zero attached hydrogens (tertiary/aromatic N) is 2. The third-order valence-electron chi connectivity index (χ3n) is 10.1. The molecule has 0 amide bonds. The van der Waals surface area contributed by atoms with Gasteiger partial charge in [0.15, 0.2) is 0 Å². The average Bonchev–Trinajstić information content (AvgIpc) is 3.50. The van der Waals surface area contributed by atoms with Crippen LogP contribution < -0.4 is 10.3 Å². The minimum absolute atomic E-state index is 0.0723. The molecule has 5 heteroatoms. The van der Waals surface area contributed by atoms with E-state index in [1.807, 2.05) is 18.2 Å². The second kappa shape index (κ2) is 30.9. The molecular formula is C42H74ClN3S. The summed E-state index contributed by atoms with van der Waals surface area (Å²) in [6, 6.07) is 7.95. The van der Waals surface area contributed by atoms with Gasteiger partial charge in [0.05, 0.1) is 0 Å². The molecule has 2 rings (SSSR count). The van der Waals surface area contributed by atoms with E-state index in [1.165, 1.54) is 199 Å². The number of amidine groups is 1. The molecule has 270 valence electrons. The van der Waals surface area contributed by atoms with Crippen molar-refractivity contribution in [3.63, 3.8) is 0 Å². The highest BCUT2D eigenvalue weighted by Crippen LogP contribution is 2.25. The lowest BCUT2D eigenvalue weighted by Crippen LogP contribution is -2.41. The van der Waals surface area contributed by atoms with Crippen LogP contribution in [0.25, 0.3) is 0 Å². The second-order valence-corrected chi connectivity index (χ2v) is 15.2. The third-order valence-corrected chi connectivity index (χ3v) is 10.6. The molecule has 1 aromatic carbocycles. The van der Waals surface area contributed by atoms with Gasteiger partial charge in [0, 0.05) is 22.5 Å². The Morgan fingerprint density at radius 1 is 0.596 bits per heavy atom. The van der Waals surface area contributed by atoms with Gasteiger partial charge >= 0.3 is 0 Å². The lowest BCUT2D eigenvalue weighted by Gasteiger charge is -2.24. The largest absolute Gasteiger partial charge is 0.302 e. The quantitative estimate of drug-likeness (QED) is 0.0577. The van der Waals surface area contributed by atoms with Gasteiger partial charge in [0.2, 0.25) is 0 Å². The van der Waals surface area contributed by atoms with Gasteiger partial charge in [-0.3, -0.25) is 5.43 Å². The zero-order chi connectivity index (χ0) is 33.5. The van der Waals surface area contributed by atoms with Gasteiger partial charge in [0.25, 0.3) is 0 Å². The maximum atomic E-state index is 6.23. The number of benzene rings is 1.